The predicted molar refractivity (Wildman–Crippen MR) is 117 cm³/mol. The van der Waals surface area contributed by atoms with Crippen LogP contribution < -0.4 is 10.2 Å². The van der Waals surface area contributed by atoms with Crippen molar-refractivity contribution >= 4 is 23.2 Å². The lowest BCUT2D eigenvalue weighted by Gasteiger charge is -2.34. The molecule has 0 radical (unpaired) electrons. The fourth-order valence-corrected chi connectivity index (χ4v) is 3.53. The number of hydrogen-bond acceptors (Lipinski definition) is 6. The number of non-ortho nitro benzene ring substituents is 1. The zero-order chi connectivity index (χ0) is 21.5. The molecule has 2 heterocycles. The molecule has 0 saturated carbocycles. The molecule has 2 amide bonds. The highest BCUT2D eigenvalue weighted by molar-refractivity contribution is 5.89. The van der Waals surface area contributed by atoms with E-state index >= 15 is 0 Å². The summed E-state index contributed by atoms with van der Waals surface area (Å²) in [5.74, 6) is 0.896. The van der Waals surface area contributed by atoms with E-state index in [-0.39, 0.29) is 16.6 Å². The number of nitro groups is 1. The Kier molecular flexibility index (Phi) is 7.18. The molecule has 1 aliphatic heterocycles. The second-order valence-electron chi connectivity index (χ2n) is 7.20. The smallest absolute Gasteiger partial charge is 0.321 e. The van der Waals surface area contributed by atoms with Gasteiger partial charge in [0.1, 0.15) is 5.82 Å². The maximum atomic E-state index is 12.6. The van der Waals surface area contributed by atoms with E-state index in [1.165, 1.54) is 6.07 Å². The Bertz CT molecular complexity index is 861. The molecule has 160 valence electrons. The SMILES string of the molecule is CCN(CC)c1ccc(NC(=O)N2CCN(Cc3cccc([N+](=O)[O-])c3)CC2)cn1. The lowest BCUT2D eigenvalue weighted by atomic mass is 10.2. The van der Waals surface area contributed by atoms with E-state index in [0.717, 1.165) is 37.6 Å². The summed E-state index contributed by atoms with van der Waals surface area (Å²) in [6.45, 7) is 9.21. The fraction of sp³-hybridized carbons (Fsp3) is 0.429. The molecule has 1 fully saturated rings. The molecule has 1 saturated heterocycles. The molecule has 0 atom stereocenters. The van der Waals surface area contributed by atoms with Crippen LogP contribution in [0.2, 0.25) is 0 Å². The van der Waals surface area contributed by atoms with Crippen LogP contribution in [0.4, 0.5) is 22.0 Å². The van der Waals surface area contributed by atoms with Gasteiger partial charge in [-0.1, -0.05) is 12.1 Å². The maximum absolute atomic E-state index is 12.6. The Balaban J connectivity index is 1.49. The van der Waals surface area contributed by atoms with Crippen LogP contribution in [0.25, 0.3) is 0 Å². The molecule has 9 heteroatoms. The zero-order valence-electron chi connectivity index (χ0n) is 17.5. The Labute approximate surface area is 176 Å². The highest BCUT2D eigenvalue weighted by Gasteiger charge is 2.21. The fourth-order valence-electron chi connectivity index (χ4n) is 3.53. The summed E-state index contributed by atoms with van der Waals surface area (Å²) < 4.78 is 0. The first kappa shape index (κ1) is 21.5. The lowest BCUT2D eigenvalue weighted by molar-refractivity contribution is -0.384. The Morgan fingerprint density at radius 3 is 2.50 bits per heavy atom. The number of carbonyl (C=O) groups excluding carboxylic acids is 1. The number of piperazine rings is 1. The van der Waals surface area contributed by atoms with Crippen molar-refractivity contribution in [3.63, 3.8) is 0 Å². The van der Waals surface area contributed by atoms with Crippen LogP contribution in [0.15, 0.2) is 42.6 Å². The highest BCUT2D eigenvalue weighted by Crippen LogP contribution is 2.17. The highest BCUT2D eigenvalue weighted by atomic mass is 16.6. The minimum absolute atomic E-state index is 0.103. The van der Waals surface area contributed by atoms with Crippen molar-refractivity contribution in [3.8, 4) is 0 Å². The summed E-state index contributed by atoms with van der Waals surface area (Å²) in [6.07, 6.45) is 1.68. The van der Waals surface area contributed by atoms with E-state index in [9.17, 15) is 14.9 Å². The third-order valence-corrected chi connectivity index (χ3v) is 5.27. The van der Waals surface area contributed by atoms with Crippen LogP contribution in [0.1, 0.15) is 19.4 Å². The summed E-state index contributed by atoms with van der Waals surface area (Å²) in [4.78, 5) is 33.7. The quantitative estimate of drug-likeness (QED) is 0.554. The Morgan fingerprint density at radius 2 is 1.90 bits per heavy atom. The van der Waals surface area contributed by atoms with Crippen LogP contribution in [-0.2, 0) is 6.54 Å². The van der Waals surface area contributed by atoms with Gasteiger partial charge in [-0.3, -0.25) is 15.0 Å². The number of urea groups is 1. The molecule has 1 N–H and O–H groups in total. The van der Waals surface area contributed by atoms with Gasteiger partial charge in [-0.05, 0) is 31.5 Å². The maximum Gasteiger partial charge on any atom is 0.321 e. The molecule has 1 aromatic heterocycles. The van der Waals surface area contributed by atoms with Crippen LogP contribution in [0, 0.1) is 10.1 Å². The van der Waals surface area contributed by atoms with Crippen LogP contribution in [-0.4, -0.2) is 65.0 Å². The molecule has 3 rings (SSSR count). The number of aromatic nitrogens is 1. The molecule has 0 spiro atoms. The number of nitro benzene ring substituents is 1. The van der Waals surface area contributed by atoms with Crippen molar-refractivity contribution in [2.24, 2.45) is 0 Å². The molecule has 0 aliphatic carbocycles. The topological polar surface area (TPSA) is 94.9 Å². The summed E-state index contributed by atoms with van der Waals surface area (Å²) >= 11 is 0. The van der Waals surface area contributed by atoms with Gasteiger partial charge in [-0.2, -0.15) is 0 Å². The summed E-state index contributed by atoms with van der Waals surface area (Å²) in [5, 5.41) is 13.8. The van der Waals surface area contributed by atoms with Gasteiger partial charge in [-0.15, -0.1) is 0 Å². The third-order valence-electron chi connectivity index (χ3n) is 5.27. The number of nitrogens with one attached hydrogen (secondary N) is 1. The minimum Gasteiger partial charge on any atom is -0.357 e. The Hall–Kier alpha value is -3.20. The number of benzene rings is 1. The first-order chi connectivity index (χ1) is 14.5. The molecule has 1 aromatic carbocycles. The first-order valence-electron chi connectivity index (χ1n) is 10.2. The molecular formula is C21H28N6O3. The molecular weight excluding hydrogens is 384 g/mol. The normalized spacial score (nSPS) is 14.4. The summed E-state index contributed by atoms with van der Waals surface area (Å²) in [7, 11) is 0. The van der Waals surface area contributed by atoms with Gasteiger partial charge in [0, 0.05) is 57.9 Å². The Morgan fingerprint density at radius 1 is 1.17 bits per heavy atom. The van der Waals surface area contributed by atoms with Crippen molar-refractivity contribution in [1.29, 1.82) is 0 Å². The van der Waals surface area contributed by atoms with Gasteiger partial charge in [0.25, 0.3) is 5.69 Å². The van der Waals surface area contributed by atoms with E-state index < -0.39 is 0 Å². The summed E-state index contributed by atoms with van der Waals surface area (Å²) in [5.41, 5.74) is 1.68. The van der Waals surface area contributed by atoms with Crippen LogP contribution in [0.3, 0.4) is 0 Å². The molecule has 30 heavy (non-hydrogen) atoms. The van der Waals surface area contributed by atoms with Gasteiger partial charge in [0.2, 0.25) is 0 Å². The molecule has 1 aliphatic rings. The zero-order valence-corrected chi connectivity index (χ0v) is 17.5. The second-order valence-corrected chi connectivity index (χ2v) is 7.20. The predicted octanol–water partition coefficient (Wildman–Crippen LogP) is 3.19. The lowest BCUT2D eigenvalue weighted by Crippen LogP contribution is -2.49. The standard InChI is InChI=1S/C21H28N6O3/c1-3-25(4-2)20-9-8-18(15-22-20)23-21(28)26-12-10-24(11-13-26)16-17-6-5-7-19(14-17)27(29)30/h5-9,14-15H,3-4,10-13,16H2,1-2H3,(H,23,28). The van der Waals surface area contributed by atoms with Crippen molar-refractivity contribution in [2.75, 3.05) is 49.5 Å². The van der Waals surface area contributed by atoms with E-state index in [0.29, 0.717) is 25.3 Å². The van der Waals surface area contributed by atoms with E-state index in [1.807, 2.05) is 18.2 Å². The molecule has 9 nitrogen and oxygen atoms in total. The number of amides is 2. The molecule has 2 aromatic rings. The number of carbonyl (C=O) groups is 1. The van der Waals surface area contributed by atoms with E-state index in [2.05, 4.69) is 33.9 Å². The molecule has 0 bridgehead atoms. The largest absolute Gasteiger partial charge is 0.357 e. The minimum atomic E-state index is -0.380. The van der Waals surface area contributed by atoms with Gasteiger partial charge in [-0.25, -0.2) is 9.78 Å². The number of pyridine rings is 1. The van der Waals surface area contributed by atoms with Crippen LogP contribution >= 0.6 is 0 Å². The number of rotatable bonds is 7. The van der Waals surface area contributed by atoms with Gasteiger partial charge < -0.3 is 15.1 Å². The van der Waals surface area contributed by atoms with Crippen molar-refractivity contribution in [2.45, 2.75) is 20.4 Å². The third kappa shape index (κ3) is 5.44. The van der Waals surface area contributed by atoms with Crippen molar-refractivity contribution in [1.82, 2.24) is 14.8 Å². The van der Waals surface area contributed by atoms with Crippen molar-refractivity contribution in [3.05, 3.63) is 58.3 Å². The average molecular weight is 412 g/mol. The van der Waals surface area contributed by atoms with Gasteiger partial charge in [0.05, 0.1) is 16.8 Å². The van der Waals surface area contributed by atoms with E-state index in [1.54, 1.807) is 23.2 Å². The first-order valence-corrected chi connectivity index (χ1v) is 10.2. The van der Waals surface area contributed by atoms with Crippen molar-refractivity contribution < 1.29 is 9.72 Å². The monoisotopic (exact) mass is 412 g/mol. The number of anilines is 2. The van der Waals surface area contributed by atoms with Gasteiger partial charge >= 0.3 is 6.03 Å². The molecule has 0 unspecified atom stereocenters. The van der Waals surface area contributed by atoms with Crippen LogP contribution in [0.5, 0.6) is 0 Å². The van der Waals surface area contributed by atoms with Gasteiger partial charge in [0.15, 0.2) is 0 Å². The number of nitrogens with zero attached hydrogens (tertiary/aromatic N) is 5. The second kappa shape index (κ2) is 10.0. The number of hydrogen-bond donors (Lipinski definition) is 1. The summed E-state index contributed by atoms with van der Waals surface area (Å²) in [6, 6.07) is 10.3. The average Bonchev–Trinajstić information content (AvgIpc) is 2.76. The van der Waals surface area contributed by atoms with E-state index in [4.69, 9.17) is 0 Å².